The van der Waals surface area contributed by atoms with Crippen LogP contribution in [-0.4, -0.2) is 35.2 Å². The Kier molecular flexibility index (Phi) is 5.41. The summed E-state index contributed by atoms with van der Waals surface area (Å²) in [5.41, 5.74) is 5.81. The highest BCUT2D eigenvalue weighted by atomic mass is 32.1. The third-order valence-electron chi connectivity index (χ3n) is 3.85. The van der Waals surface area contributed by atoms with Gasteiger partial charge in [-0.15, -0.1) is 0 Å². The summed E-state index contributed by atoms with van der Waals surface area (Å²) >= 11 is 1.28. The van der Waals surface area contributed by atoms with Crippen LogP contribution in [0.1, 0.15) is 42.8 Å². The summed E-state index contributed by atoms with van der Waals surface area (Å²) in [6, 6.07) is 0.246. The molecule has 0 bridgehead atoms. The quantitative estimate of drug-likeness (QED) is 0.640. The molecule has 0 aromatic carbocycles. The van der Waals surface area contributed by atoms with Crippen LogP contribution in [0, 0.1) is 11.8 Å². The number of carbonyl (C=O) groups excluding carboxylic acids is 1. The zero-order valence-electron chi connectivity index (χ0n) is 12.6. The standard InChI is InChI=1S/C14H24N4O2S/c1-8(2)17-14-18-12(15)11(21-14)13(20)16-6-9-4-3-5-10(9)7-19/h8-10,19H,3-7,15H2,1-2H3,(H,16,20)(H,17,18). The van der Waals surface area contributed by atoms with Gasteiger partial charge in [0, 0.05) is 19.2 Å². The molecule has 1 fully saturated rings. The predicted octanol–water partition coefficient (Wildman–Crippen LogP) is 1.68. The lowest BCUT2D eigenvalue weighted by Gasteiger charge is -2.17. The summed E-state index contributed by atoms with van der Waals surface area (Å²) in [5, 5.41) is 16.0. The van der Waals surface area contributed by atoms with Crippen molar-refractivity contribution in [3.63, 3.8) is 0 Å². The summed E-state index contributed by atoms with van der Waals surface area (Å²) in [5.74, 6) is 0.764. The maximum Gasteiger partial charge on any atom is 0.265 e. The number of nitrogens with zero attached hydrogens (tertiary/aromatic N) is 1. The van der Waals surface area contributed by atoms with Gasteiger partial charge in [0.05, 0.1) is 0 Å². The SMILES string of the molecule is CC(C)Nc1nc(N)c(C(=O)NCC2CCCC2CO)s1. The number of anilines is 2. The van der Waals surface area contributed by atoms with Gasteiger partial charge in [-0.1, -0.05) is 17.8 Å². The average molecular weight is 312 g/mol. The van der Waals surface area contributed by atoms with E-state index in [-0.39, 0.29) is 24.4 Å². The fraction of sp³-hybridized carbons (Fsp3) is 0.714. The van der Waals surface area contributed by atoms with Crippen molar-refractivity contribution in [2.45, 2.75) is 39.2 Å². The number of nitrogens with one attached hydrogen (secondary N) is 2. The maximum atomic E-state index is 12.2. The first-order valence-electron chi connectivity index (χ1n) is 7.43. The summed E-state index contributed by atoms with van der Waals surface area (Å²) < 4.78 is 0. The number of rotatable bonds is 6. The van der Waals surface area contributed by atoms with Crippen molar-refractivity contribution in [1.29, 1.82) is 0 Å². The van der Waals surface area contributed by atoms with Crippen LogP contribution in [0.5, 0.6) is 0 Å². The minimum absolute atomic E-state index is 0.176. The van der Waals surface area contributed by atoms with E-state index in [4.69, 9.17) is 5.73 Å². The van der Waals surface area contributed by atoms with Gasteiger partial charge >= 0.3 is 0 Å². The van der Waals surface area contributed by atoms with Gasteiger partial charge in [0.25, 0.3) is 5.91 Å². The van der Waals surface area contributed by atoms with Crippen molar-refractivity contribution in [3.8, 4) is 0 Å². The lowest BCUT2D eigenvalue weighted by Crippen LogP contribution is -2.31. The van der Waals surface area contributed by atoms with Gasteiger partial charge in [-0.05, 0) is 38.5 Å². The fourth-order valence-electron chi connectivity index (χ4n) is 2.73. The number of aliphatic hydroxyl groups excluding tert-OH is 1. The predicted molar refractivity (Wildman–Crippen MR) is 85.5 cm³/mol. The van der Waals surface area contributed by atoms with Crippen molar-refractivity contribution in [2.24, 2.45) is 11.8 Å². The number of aliphatic hydroxyl groups is 1. The Bertz CT molecular complexity index is 489. The second-order valence-electron chi connectivity index (χ2n) is 5.88. The van der Waals surface area contributed by atoms with E-state index < -0.39 is 0 Å². The van der Waals surface area contributed by atoms with E-state index in [2.05, 4.69) is 15.6 Å². The molecule has 0 spiro atoms. The molecule has 6 nitrogen and oxygen atoms in total. The molecule has 0 radical (unpaired) electrons. The molecule has 1 heterocycles. The van der Waals surface area contributed by atoms with Gasteiger partial charge in [-0.3, -0.25) is 4.79 Å². The van der Waals surface area contributed by atoms with Gasteiger partial charge in [0.2, 0.25) is 0 Å². The third-order valence-corrected chi connectivity index (χ3v) is 4.85. The first kappa shape index (κ1) is 16.0. The second-order valence-corrected chi connectivity index (χ2v) is 6.88. The van der Waals surface area contributed by atoms with Crippen molar-refractivity contribution in [2.75, 3.05) is 24.2 Å². The number of thiazole rings is 1. The van der Waals surface area contributed by atoms with Crippen LogP contribution in [0.25, 0.3) is 0 Å². The first-order chi connectivity index (χ1) is 10.0. The number of hydrogen-bond acceptors (Lipinski definition) is 6. The topological polar surface area (TPSA) is 100 Å². The van der Waals surface area contributed by atoms with E-state index in [1.807, 2.05) is 13.8 Å². The fourth-order valence-corrected chi connectivity index (χ4v) is 3.68. The van der Waals surface area contributed by atoms with Gasteiger partial charge in [-0.2, -0.15) is 0 Å². The number of aromatic nitrogens is 1. The van der Waals surface area contributed by atoms with Crippen LogP contribution in [0.4, 0.5) is 10.9 Å². The van der Waals surface area contributed by atoms with Crippen LogP contribution >= 0.6 is 11.3 Å². The summed E-state index contributed by atoms with van der Waals surface area (Å²) in [6.07, 6.45) is 3.23. The molecule has 0 saturated heterocycles. The highest BCUT2D eigenvalue weighted by molar-refractivity contribution is 7.18. The lowest BCUT2D eigenvalue weighted by atomic mass is 9.97. The molecule has 0 aliphatic heterocycles. The van der Waals surface area contributed by atoms with E-state index in [1.54, 1.807) is 0 Å². The molecule has 7 heteroatoms. The highest BCUT2D eigenvalue weighted by Crippen LogP contribution is 2.31. The Morgan fingerprint density at radius 3 is 2.86 bits per heavy atom. The monoisotopic (exact) mass is 312 g/mol. The van der Waals surface area contributed by atoms with Gasteiger partial charge in [-0.25, -0.2) is 4.98 Å². The molecular formula is C14H24N4O2S. The lowest BCUT2D eigenvalue weighted by molar-refractivity contribution is 0.0942. The maximum absolute atomic E-state index is 12.2. The summed E-state index contributed by atoms with van der Waals surface area (Å²) in [6.45, 7) is 4.80. The molecule has 5 N–H and O–H groups in total. The Balaban J connectivity index is 1.92. The molecule has 1 aromatic heterocycles. The van der Waals surface area contributed by atoms with E-state index in [0.29, 0.717) is 28.4 Å². The molecule has 1 saturated carbocycles. The number of carbonyl (C=O) groups is 1. The molecule has 1 aromatic rings. The van der Waals surface area contributed by atoms with Crippen LogP contribution in [0.2, 0.25) is 0 Å². The Hall–Kier alpha value is -1.34. The number of nitrogens with two attached hydrogens (primary N) is 1. The zero-order chi connectivity index (χ0) is 15.4. The smallest absolute Gasteiger partial charge is 0.265 e. The second kappa shape index (κ2) is 7.09. The summed E-state index contributed by atoms with van der Waals surface area (Å²) in [7, 11) is 0. The average Bonchev–Trinajstić information content (AvgIpc) is 3.01. The third kappa shape index (κ3) is 4.07. The van der Waals surface area contributed by atoms with Gasteiger partial charge in [0.15, 0.2) is 5.13 Å². The normalized spacial score (nSPS) is 21.7. The molecule has 2 unspecified atom stereocenters. The van der Waals surface area contributed by atoms with Crippen molar-refractivity contribution in [1.82, 2.24) is 10.3 Å². The van der Waals surface area contributed by atoms with Crippen LogP contribution in [0.3, 0.4) is 0 Å². The minimum Gasteiger partial charge on any atom is -0.396 e. The Labute approximate surface area is 129 Å². The number of nitrogen functional groups attached to an aromatic ring is 1. The van der Waals surface area contributed by atoms with E-state index in [0.717, 1.165) is 19.3 Å². The zero-order valence-corrected chi connectivity index (χ0v) is 13.4. The van der Waals surface area contributed by atoms with Gasteiger partial charge in [0.1, 0.15) is 10.7 Å². The number of hydrogen-bond donors (Lipinski definition) is 4. The van der Waals surface area contributed by atoms with Crippen LogP contribution < -0.4 is 16.4 Å². The highest BCUT2D eigenvalue weighted by Gasteiger charge is 2.27. The molecule has 1 amide bonds. The Morgan fingerprint density at radius 2 is 2.19 bits per heavy atom. The molecule has 21 heavy (non-hydrogen) atoms. The largest absolute Gasteiger partial charge is 0.396 e. The first-order valence-corrected chi connectivity index (χ1v) is 8.24. The van der Waals surface area contributed by atoms with E-state index >= 15 is 0 Å². The van der Waals surface area contributed by atoms with Crippen LogP contribution in [0.15, 0.2) is 0 Å². The molecule has 1 aliphatic rings. The van der Waals surface area contributed by atoms with Crippen molar-refractivity contribution < 1.29 is 9.90 Å². The Morgan fingerprint density at radius 1 is 1.48 bits per heavy atom. The van der Waals surface area contributed by atoms with Crippen molar-refractivity contribution in [3.05, 3.63) is 4.88 Å². The number of amides is 1. The van der Waals surface area contributed by atoms with Crippen LogP contribution in [-0.2, 0) is 0 Å². The van der Waals surface area contributed by atoms with Gasteiger partial charge < -0.3 is 21.5 Å². The van der Waals surface area contributed by atoms with Crippen molar-refractivity contribution >= 4 is 28.2 Å². The molecule has 118 valence electrons. The molecule has 2 atom stereocenters. The van der Waals surface area contributed by atoms with E-state index in [1.165, 1.54) is 11.3 Å². The molecule has 1 aliphatic carbocycles. The summed E-state index contributed by atoms with van der Waals surface area (Å²) in [4.78, 5) is 16.8. The molecular weight excluding hydrogens is 288 g/mol. The minimum atomic E-state index is -0.176. The molecule has 2 rings (SSSR count). The van der Waals surface area contributed by atoms with E-state index in [9.17, 15) is 9.90 Å².